The minimum atomic E-state index is -0.811. The number of aliphatic hydroxyl groups is 1. The fourth-order valence-electron chi connectivity index (χ4n) is 1.15. The first-order valence-electron chi connectivity index (χ1n) is 4.58. The third kappa shape index (κ3) is 3.38. The first-order valence-corrected chi connectivity index (χ1v) is 5.66. The molecule has 0 aromatic heterocycles. The molecule has 1 unspecified atom stereocenters. The van der Waals surface area contributed by atoms with Gasteiger partial charge in [0.1, 0.15) is 6.10 Å². The second-order valence-corrected chi connectivity index (χ2v) is 4.44. The molecule has 1 N–H and O–H groups in total. The van der Waals surface area contributed by atoms with Crippen LogP contribution in [0.3, 0.4) is 0 Å². The van der Waals surface area contributed by atoms with Crippen LogP contribution < -0.4 is 0 Å². The molecule has 1 rings (SSSR count). The first kappa shape index (κ1) is 11.7. The SMILES string of the molecule is CCC(O)C(=O)Cc1ccc(I)cc1. The molecular weight excluding hydrogens is 291 g/mol. The van der Waals surface area contributed by atoms with Crippen LogP contribution in [0, 0.1) is 3.57 Å². The number of aliphatic hydroxyl groups excluding tert-OH is 1. The Morgan fingerprint density at radius 2 is 2.00 bits per heavy atom. The molecule has 0 fully saturated rings. The predicted octanol–water partition coefficient (Wildman–Crippen LogP) is 2.17. The van der Waals surface area contributed by atoms with Crippen LogP contribution >= 0.6 is 22.6 Å². The van der Waals surface area contributed by atoms with Crippen molar-refractivity contribution in [2.75, 3.05) is 0 Å². The van der Waals surface area contributed by atoms with Gasteiger partial charge in [-0.15, -0.1) is 0 Å². The average Bonchev–Trinajstić information content (AvgIpc) is 2.20. The maximum Gasteiger partial charge on any atom is 0.165 e. The van der Waals surface area contributed by atoms with Gasteiger partial charge in [0.15, 0.2) is 5.78 Å². The van der Waals surface area contributed by atoms with E-state index in [-0.39, 0.29) is 5.78 Å². The summed E-state index contributed by atoms with van der Waals surface area (Å²) in [5, 5.41) is 9.29. The molecule has 0 saturated carbocycles. The minimum Gasteiger partial charge on any atom is -0.385 e. The maximum absolute atomic E-state index is 11.4. The van der Waals surface area contributed by atoms with Gasteiger partial charge in [-0.1, -0.05) is 19.1 Å². The van der Waals surface area contributed by atoms with Crippen molar-refractivity contribution >= 4 is 28.4 Å². The summed E-state index contributed by atoms with van der Waals surface area (Å²) in [6.07, 6.45) is 0.00376. The second-order valence-electron chi connectivity index (χ2n) is 3.19. The standard InChI is InChI=1S/C11H13IO2/c1-2-10(13)11(14)7-8-3-5-9(12)6-4-8/h3-6,10,13H,2,7H2,1H3. The zero-order chi connectivity index (χ0) is 10.6. The third-order valence-corrected chi connectivity index (χ3v) is 2.77. The summed E-state index contributed by atoms with van der Waals surface area (Å²) in [5.41, 5.74) is 0.961. The van der Waals surface area contributed by atoms with Crippen LogP contribution in [0.1, 0.15) is 18.9 Å². The molecular formula is C11H13IO2. The van der Waals surface area contributed by atoms with Crippen molar-refractivity contribution in [3.63, 3.8) is 0 Å². The lowest BCUT2D eigenvalue weighted by Crippen LogP contribution is -2.21. The molecule has 0 amide bonds. The fraction of sp³-hybridized carbons (Fsp3) is 0.364. The zero-order valence-electron chi connectivity index (χ0n) is 8.03. The Morgan fingerprint density at radius 1 is 1.43 bits per heavy atom. The normalized spacial score (nSPS) is 12.5. The lowest BCUT2D eigenvalue weighted by atomic mass is 10.0. The number of halogens is 1. The molecule has 0 saturated heterocycles. The van der Waals surface area contributed by atoms with E-state index in [1.807, 2.05) is 24.3 Å². The monoisotopic (exact) mass is 304 g/mol. The predicted molar refractivity (Wildman–Crippen MR) is 64.2 cm³/mol. The lowest BCUT2D eigenvalue weighted by molar-refractivity contribution is -0.126. The Bertz CT molecular complexity index is 306. The number of Topliss-reactive ketones (excluding diaryl/α,β-unsaturated/α-hetero) is 1. The molecule has 0 heterocycles. The summed E-state index contributed by atoms with van der Waals surface area (Å²) in [5.74, 6) is -0.103. The quantitative estimate of drug-likeness (QED) is 0.866. The van der Waals surface area contributed by atoms with Gasteiger partial charge in [-0.2, -0.15) is 0 Å². The van der Waals surface area contributed by atoms with E-state index in [1.54, 1.807) is 6.92 Å². The molecule has 1 aromatic rings. The highest BCUT2D eigenvalue weighted by atomic mass is 127. The second kappa shape index (κ2) is 5.46. The largest absolute Gasteiger partial charge is 0.385 e. The van der Waals surface area contributed by atoms with E-state index in [4.69, 9.17) is 0 Å². The Balaban J connectivity index is 2.60. The van der Waals surface area contributed by atoms with E-state index in [1.165, 1.54) is 0 Å². The Morgan fingerprint density at radius 3 is 2.50 bits per heavy atom. The summed E-state index contributed by atoms with van der Waals surface area (Å²) in [6, 6.07) is 7.76. The molecule has 14 heavy (non-hydrogen) atoms. The van der Waals surface area contributed by atoms with Crippen LogP contribution in [0.5, 0.6) is 0 Å². The van der Waals surface area contributed by atoms with Gasteiger partial charge < -0.3 is 5.11 Å². The van der Waals surface area contributed by atoms with Crippen LogP contribution in [0.15, 0.2) is 24.3 Å². The van der Waals surface area contributed by atoms with Gasteiger partial charge in [-0.05, 0) is 46.7 Å². The molecule has 1 aromatic carbocycles. The fourth-order valence-corrected chi connectivity index (χ4v) is 1.51. The van der Waals surface area contributed by atoms with Crippen LogP contribution in [0.4, 0.5) is 0 Å². The maximum atomic E-state index is 11.4. The van der Waals surface area contributed by atoms with Gasteiger partial charge in [0.2, 0.25) is 0 Å². The molecule has 0 aliphatic heterocycles. The number of ketones is 1. The van der Waals surface area contributed by atoms with Gasteiger partial charge in [-0.3, -0.25) is 4.79 Å². The van der Waals surface area contributed by atoms with Crippen LogP contribution in [0.2, 0.25) is 0 Å². The van der Waals surface area contributed by atoms with Gasteiger partial charge in [0.05, 0.1) is 0 Å². The third-order valence-electron chi connectivity index (χ3n) is 2.05. The van der Waals surface area contributed by atoms with Gasteiger partial charge in [-0.25, -0.2) is 0 Å². The highest BCUT2D eigenvalue weighted by molar-refractivity contribution is 14.1. The van der Waals surface area contributed by atoms with Crippen LogP contribution in [-0.4, -0.2) is 17.0 Å². The summed E-state index contributed by atoms with van der Waals surface area (Å²) in [6.45, 7) is 1.80. The molecule has 0 radical (unpaired) electrons. The number of rotatable bonds is 4. The first-order chi connectivity index (χ1) is 6.63. The van der Waals surface area contributed by atoms with Crippen molar-refractivity contribution in [2.45, 2.75) is 25.9 Å². The molecule has 76 valence electrons. The van der Waals surface area contributed by atoms with Gasteiger partial charge in [0, 0.05) is 9.99 Å². The van der Waals surface area contributed by atoms with E-state index in [0.29, 0.717) is 12.8 Å². The zero-order valence-corrected chi connectivity index (χ0v) is 10.2. The topological polar surface area (TPSA) is 37.3 Å². The number of benzene rings is 1. The van der Waals surface area contributed by atoms with Crippen molar-refractivity contribution < 1.29 is 9.90 Å². The van der Waals surface area contributed by atoms with Gasteiger partial charge >= 0.3 is 0 Å². The van der Waals surface area contributed by atoms with Gasteiger partial charge in [0.25, 0.3) is 0 Å². The number of hydrogen-bond acceptors (Lipinski definition) is 2. The Kier molecular flexibility index (Phi) is 4.54. The molecule has 0 bridgehead atoms. The summed E-state index contributed by atoms with van der Waals surface area (Å²) >= 11 is 2.22. The lowest BCUT2D eigenvalue weighted by Gasteiger charge is -2.06. The van der Waals surface area contributed by atoms with E-state index in [2.05, 4.69) is 22.6 Å². The van der Waals surface area contributed by atoms with E-state index >= 15 is 0 Å². The summed E-state index contributed by atoms with van der Waals surface area (Å²) < 4.78 is 1.15. The molecule has 0 spiro atoms. The van der Waals surface area contributed by atoms with Crippen molar-refractivity contribution in [3.8, 4) is 0 Å². The van der Waals surface area contributed by atoms with E-state index < -0.39 is 6.10 Å². The van der Waals surface area contributed by atoms with E-state index in [9.17, 15) is 9.90 Å². The molecule has 0 aliphatic rings. The minimum absolute atomic E-state index is 0.103. The number of hydrogen-bond donors (Lipinski definition) is 1. The highest BCUT2D eigenvalue weighted by Crippen LogP contribution is 2.08. The van der Waals surface area contributed by atoms with Crippen molar-refractivity contribution in [1.82, 2.24) is 0 Å². The smallest absolute Gasteiger partial charge is 0.165 e. The molecule has 1 atom stereocenters. The summed E-state index contributed by atoms with van der Waals surface area (Å²) in [7, 11) is 0. The molecule has 2 nitrogen and oxygen atoms in total. The number of carbonyl (C=O) groups is 1. The van der Waals surface area contributed by atoms with Crippen molar-refractivity contribution in [2.24, 2.45) is 0 Å². The molecule has 3 heteroatoms. The van der Waals surface area contributed by atoms with Crippen molar-refractivity contribution in [1.29, 1.82) is 0 Å². The van der Waals surface area contributed by atoms with Crippen LogP contribution in [0.25, 0.3) is 0 Å². The number of carbonyl (C=O) groups excluding carboxylic acids is 1. The van der Waals surface area contributed by atoms with E-state index in [0.717, 1.165) is 9.13 Å². The Labute approximate surface area is 97.5 Å². The molecule has 0 aliphatic carbocycles. The van der Waals surface area contributed by atoms with Crippen molar-refractivity contribution in [3.05, 3.63) is 33.4 Å². The highest BCUT2D eigenvalue weighted by Gasteiger charge is 2.12. The van der Waals surface area contributed by atoms with Crippen LogP contribution in [-0.2, 0) is 11.2 Å². The summed E-state index contributed by atoms with van der Waals surface area (Å²) in [4.78, 5) is 11.4. The Hall–Kier alpha value is -0.420. The average molecular weight is 304 g/mol.